The van der Waals surface area contributed by atoms with Crippen LogP contribution < -0.4 is 9.92 Å². The molecule has 0 saturated carbocycles. The van der Waals surface area contributed by atoms with E-state index in [9.17, 15) is 18.3 Å². The van der Waals surface area contributed by atoms with Gasteiger partial charge in [0.25, 0.3) is 0 Å². The van der Waals surface area contributed by atoms with E-state index >= 15 is 0 Å². The Kier molecular flexibility index (Phi) is 6.43. The van der Waals surface area contributed by atoms with Crippen LogP contribution in [0.1, 0.15) is 48.7 Å². The Bertz CT molecular complexity index is 1700. The van der Waals surface area contributed by atoms with Crippen molar-refractivity contribution < 1.29 is 18.3 Å². The lowest BCUT2D eigenvalue weighted by molar-refractivity contribution is 0.0971. The quantitative estimate of drug-likeness (QED) is 0.359. The molecule has 0 aliphatic carbocycles. The van der Waals surface area contributed by atoms with Crippen molar-refractivity contribution in [2.24, 2.45) is 0 Å². The molecule has 4 aromatic rings. The Morgan fingerprint density at radius 2 is 1.61 bits per heavy atom. The van der Waals surface area contributed by atoms with Gasteiger partial charge in [0.15, 0.2) is 5.78 Å². The van der Waals surface area contributed by atoms with Crippen LogP contribution in [-0.4, -0.2) is 40.7 Å². The van der Waals surface area contributed by atoms with Gasteiger partial charge in [-0.05, 0) is 41.7 Å². The van der Waals surface area contributed by atoms with Crippen LogP contribution in [0, 0.1) is 5.41 Å². The molecule has 0 amide bonds. The van der Waals surface area contributed by atoms with Crippen molar-refractivity contribution in [3.8, 4) is 5.75 Å². The SMILES string of the molecule is CC(C)(C)c1cc(C(=O)Cn2c(=N)n(Cc3ccccc3)c3ccccc32)cc(N2CCCS2(=O)=O)c1O. The highest BCUT2D eigenvalue weighted by atomic mass is 32.2. The molecule has 1 aromatic heterocycles. The van der Waals surface area contributed by atoms with E-state index in [2.05, 4.69) is 0 Å². The number of ketones is 1. The smallest absolute Gasteiger partial charge is 0.235 e. The Morgan fingerprint density at radius 3 is 2.21 bits per heavy atom. The molecule has 198 valence electrons. The van der Waals surface area contributed by atoms with Crippen LogP contribution in [0.5, 0.6) is 5.75 Å². The average molecular weight is 533 g/mol. The van der Waals surface area contributed by atoms with Gasteiger partial charge in [-0.15, -0.1) is 0 Å². The summed E-state index contributed by atoms with van der Waals surface area (Å²) < 4.78 is 30.1. The van der Waals surface area contributed by atoms with Crippen molar-refractivity contribution in [1.82, 2.24) is 9.13 Å². The highest BCUT2D eigenvalue weighted by Gasteiger charge is 2.33. The fourth-order valence-corrected chi connectivity index (χ4v) is 6.63. The second kappa shape index (κ2) is 9.47. The number of phenolic OH excluding ortho intramolecular Hbond substituents is 1. The summed E-state index contributed by atoms with van der Waals surface area (Å²) in [6.45, 7) is 6.38. The van der Waals surface area contributed by atoms with E-state index in [1.165, 1.54) is 10.4 Å². The van der Waals surface area contributed by atoms with Crippen LogP contribution in [0.2, 0.25) is 0 Å². The van der Waals surface area contributed by atoms with E-state index in [1.54, 1.807) is 10.6 Å². The molecule has 2 N–H and O–H groups in total. The van der Waals surface area contributed by atoms with E-state index in [1.807, 2.05) is 79.9 Å². The van der Waals surface area contributed by atoms with Crippen LogP contribution in [0.15, 0.2) is 66.7 Å². The standard InChI is InChI=1S/C29H32N4O4S/c1-29(2,3)22-16-21(17-25(27(22)35)33-14-9-15-38(33,36)37)26(34)19-32-24-13-8-7-12-23(24)31(28(32)30)18-20-10-5-4-6-11-20/h4-8,10-13,16-17,30,35H,9,14-15,18-19H2,1-3H3. The van der Waals surface area contributed by atoms with E-state index < -0.39 is 15.4 Å². The molecule has 0 bridgehead atoms. The summed E-state index contributed by atoms with van der Waals surface area (Å²) in [6, 6.07) is 20.6. The first-order valence-corrected chi connectivity index (χ1v) is 14.3. The zero-order valence-electron chi connectivity index (χ0n) is 21.8. The minimum absolute atomic E-state index is 0.00837. The number of carbonyl (C=O) groups is 1. The number of sulfonamides is 1. The van der Waals surface area contributed by atoms with Crippen LogP contribution in [-0.2, 0) is 28.5 Å². The van der Waals surface area contributed by atoms with Crippen molar-refractivity contribution in [1.29, 1.82) is 5.41 Å². The fraction of sp³-hybridized carbons (Fsp3) is 0.310. The summed E-state index contributed by atoms with van der Waals surface area (Å²) in [7, 11) is -3.56. The maximum atomic E-state index is 13.7. The molecule has 9 heteroatoms. The highest BCUT2D eigenvalue weighted by molar-refractivity contribution is 7.93. The maximum absolute atomic E-state index is 13.7. The number of aromatic nitrogens is 2. The second-order valence-electron chi connectivity index (χ2n) is 10.8. The van der Waals surface area contributed by atoms with Gasteiger partial charge < -0.3 is 14.2 Å². The molecule has 1 aliphatic rings. The van der Waals surface area contributed by atoms with Crippen LogP contribution in [0.25, 0.3) is 11.0 Å². The maximum Gasteiger partial charge on any atom is 0.235 e. The summed E-state index contributed by atoms with van der Waals surface area (Å²) in [6.07, 6.45) is 0.462. The monoisotopic (exact) mass is 532 g/mol. The molecule has 38 heavy (non-hydrogen) atoms. The second-order valence-corrected chi connectivity index (χ2v) is 12.8. The molecule has 1 fully saturated rings. The van der Waals surface area contributed by atoms with Gasteiger partial charge in [-0.2, -0.15) is 0 Å². The number of Topliss-reactive ketones (excluding diaryl/α,β-unsaturated/α-hetero) is 1. The summed E-state index contributed by atoms with van der Waals surface area (Å²) in [5, 5.41) is 20.0. The summed E-state index contributed by atoms with van der Waals surface area (Å²) >= 11 is 0. The predicted octanol–water partition coefficient (Wildman–Crippen LogP) is 4.40. The van der Waals surface area contributed by atoms with Crippen LogP contribution in [0.3, 0.4) is 0 Å². The fourth-order valence-electron chi connectivity index (χ4n) is 5.07. The van der Waals surface area contributed by atoms with E-state index in [0.29, 0.717) is 24.1 Å². The number of para-hydroxylation sites is 2. The first-order valence-electron chi connectivity index (χ1n) is 12.6. The lowest BCUT2D eigenvalue weighted by Crippen LogP contribution is -2.29. The van der Waals surface area contributed by atoms with Gasteiger partial charge in [0.05, 0.1) is 35.6 Å². The molecule has 1 aliphatic heterocycles. The molecular formula is C29H32N4O4S. The topological polar surface area (TPSA) is 108 Å². The Labute approximate surface area is 222 Å². The third kappa shape index (κ3) is 4.62. The number of anilines is 1. The third-order valence-electron chi connectivity index (χ3n) is 7.05. The molecule has 3 aromatic carbocycles. The van der Waals surface area contributed by atoms with Crippen molar-refractivity contribution in [2.75, 3.05) is 16.6 Å². The number of aromatic hydroxyl groups is 1. The van der Waals surface area contributed by atoms with Crippen molar-refractivity contribution in [3.63, 3.8) is 0 Å². The minimum atomic E-state index is -3.56. The molecular weight excluding hydrogens is 500 g/mol. The number of nitrogens with zero attached hydrogens (tertiary/aromatic N) is 3. The lowest BCUT2D eigenvalue weighted by Gasteiger charge is -2.26. The van der Waals surface area contributed by atoms with E-state index in [-0.39, 0.29) is 41.7 Å². The number of nitrogens with one attached hydrogen (secondary N) is 1. The zero-order valence-corrected chi connectivity index (χ0v) is 22.6. The molecule has 0 atom stereocenters. The van der Waals surface area contributed by atoms with Crippen molar-refractivity contribution >= 4 is 32.5 Å². The molecule has 0 spiro atoms. The average Bonchev–Trinajstić information content (AvgIpc) is 3.35. The number of imidazole rings is 1. The molecule has 0 unspecified atom stereocenters. The number of fused-ring (bicyclic) bond motifs is 1. The van der Waals surface area contributed by atoms with E-state index in [4.69, 9.17) is 5.41 Å². The number of rotatable bonds is 6. The summed E-state index contributed by atoms with van der Waals surface area (Å²) in [5.41, 5.74) is 3.27. The predicted molar refractivity (Wildman–Crippen MR) is 148 cm³/mol. The van der Waals surface area contributed by atoms with Gasteiger partial charge >= 0.3 is 0 Å². The van der Waals surface area contributed by atoms with Gasteiger partial charge in [-0.1, -0.05) is 63.2 Å². The number of carbonyl (C=O) groups excluding carboxylic acids is 1. The van der Waals surface area contributed by atoms with Crippen molar-refractivity contribution in [2.45, 2.75) is 45.7 Å². The largest absolute Gasteiger partial charge is 0.505 e. The number of benzene rings is 3. The van der Waals surface area contributed by atoms with Gasteiger partial charge in [0.1, 0.15) is 5.75 Å². The summed E-state index contributed by atoms with van der Waals surface area (Å²) in [5.74, 6) is -0.378. The van der Waals surface area contributed by atoms with Crippen LogP contribution in [0.4, 0.5) is 5.69 Å². The zero-order chi connectivity index (χ0) is 27.2. The van der Waals surface area contributed by atoms with Gasteiger partial charge in [0, 0.05) is 17.7 Å². The highest BCUT2D eigenvalue weighted by Crippen LogP contribution is 2.41. The normalized spacial score (nSPS) is 15.3. The Morgan fingerprint density at radius 1 is 0.974 bits per heavy atom. The van der Waals surface area contributed by atoms with Gasteiger partial charge in [-0.3, -0.25) is 14.5 Å². The van der Waals surface area contributed by atoms with Gasteiger partial charge in [-0.25, -0.2) is 8.42 Å². The van der Waals surface area contributed by atoms with Gasteiger partial charge in [0.2, 0.25) is 15.6 Å². The first kappa shape index (κ1) is 25.8. The lowest BCUT2D eigenvalue weighted by atomic mass is 9.84. The number of hydrogen-bond acceptors (Lipinski definition) is 5. The molecule has 0 radical (unpaired) electrons. The summed E-state index contributed by atoms with van der Waals surface area (Å²) in [4.78, 5) is 13.7. The third-order valence-corrected chi connectivity index (χ3v) is 8.90. The molecule has 1 saturated heterocycles. The molecule has 5 rings (SSSR count). The molecule has 2 heterocycles. The van der Waals surface area contributed by atoms with Crippen LogP contribution >= 0.6 is 0 Å². The first-order chi connectivity index (χ1) is 18.0. The minimum Gasteiger partial charge on any atom is -0.505 e. The Hall–Kier alpha value is -3.85. The Balaban J connectivity index is 1.59. The van der Waals surface area contributed by atoms with E-state index in [0.717, 1.165) is 16.6 Å². The van der Waals surface area contributed by atoms with Crippen molar-refractivity contribution in [3.05, 3.63) is 89.0 Å². The number of phenols is 1. The number of hydrogen-bond donors (Lipinski definition) is 2. The molecule has 8 nitrogen and oxygen atoms in total.